The van der Waals surface area contributed by atoms with E-state index in [1.165, 1.54) is 5.56 Å². The molecule has 2 aromatic carbocycles. The van der Waals surface area contributed by atoms with Crippen LogP contribution in [-0.2, 0) is 13.0 Å². The van der Waals surface area contributed by atoms with Gasteiger partial charge in [-0.05, 0) is 58.7 Å². The number of hydrogen-bond acceptors (Lipinski definition) is 5. The van der Waals surface area contributed by atoms with Gasteiger partial charge in [-0.1, -0.05) is 42.8 Å². The monoisotopic (exact) mass is 429 g/mol. The fraction of sp³-hybridized carbons (Fsp3) is 0.174. The molecule has 0 saturated heterocycles. The highest BCUT2D eigenvalue weighted by Gasteiger charge is 2.14. The molecule has 3 aromatic heterocycles. The molecule has 0 bridgehead atoms. The Morgan fingerprint density at radius 2 is 1.90 bits per heavy atom. The fourth-order valence-corrected chi connectivity index (χ4v) is 3.96. The molecule has 0 atom stereocenters. The molecule has 5 rings (SSSR count). The molecule has 7 nitrogen and oxygen atoms in total. The lowest BCUT2D eigenvalue weighted by Gasteiger charge is -2.11. The van der Waals surface area contributed by atoms with E-state index in [0.717, 1.165) is 53.1 Å². The van der Waals surface area contributed by atoms with Gasteiger partial charge in [0, 0.05) is 23.2 Å². The van der Waals surface area contributed by atoms with Crippen LogP contribution in [-0.4, -0.2) is 35.2 Å². The number of hydrogen-bond donors (Lipinski definition) is 1. The van der Waals surface area contributed by atoms with Crippen molar-refractivity contribution in [2.45, 2.75) is 26.3 Å². The van der Waals surface area contributed by atoms with Gasteiger partial charge in [0.1, 0.15) is 11.3 Å². The van der Waals surface area contributed by atoms with E-state index >= 15 is 0 Å². The first-order valence-electron chi connectivity index (χ1n) is 10.2. The van der Waals surface area contributed by atoms with Crippen molar-refractivity contribution < 1.29 is 0 Å². The third kappa shape index (κ3) is 3.80. The second kappa shape index (κ2) is 8.28. The second-order valence-electron chi connectivity index (χ2n) is 7.33. The minimum absolute atomic E-state index is 0.538. The zero-order valence-electron chi connectivity index (χ0n) is 17.0. The van der Waals surface area contributed by atoms with Gasteiger partial charge in [-0.2, -0.15) is 5.21 Å². The molecular formula is C23H20ClN7. The molecule has 3 heterocycles. The Morgan fingerprint density at radius 1 is 1.03 bits per heavy atom. The molecule has 0 amide bonds. The number of aromatic nitrogens is 7. The van der Waals surface area contributed by atoms with Gasteiger partial charge >= 0.3 is 0 Å². The Balaban J connectivity index is 1.50. The minimum atomic E-state index is 0.538. The number of aryl methyl sites for hydroxylation is 1. The highest BCUT2D eigenvalue weighted by Crippen LogP contribution is 2.32. The van der Waals surface area contributed by atoms with Crippen molar-refractivity contribution >= 4 is 22.8 Å². The van der Waals surface area contributed by atoms with Crippen molar-refractivity contribution in [3.8, 4) is 22.5 Å². The number of nitrogens with one attached hydrogen (secondary N) is 1. The minimum Gasteiger partial charge on any atom is -0.308 e. The van der Waals surface area contributed by atoms with Crippen LogP contribution in [0.4, 0.5) is 0 Å². The van der Waals surface area contributed by atoms with Gasteiger partial charge in [-0.15, -0.1) is 10.2 Å². The summed E-state index contributed by atoms with van der Waals surface area (Å²) in [7, 11) is 0. The highest BCUT2D eigenvalue weighted by atomic mass is 35.5. The molecule has 0 aliphatic heterocycles. The first-order chi connectivity index (χ1) is 15.2. The quantitative estimate of drug-likeness (QED) is 0.413. The van der Waals surface area contributed by atoms with Crippen LogP contribution in [0.25, 0.3) is 33.7 Å². The second-order valence-corrected chi connectivity index (χ2v) is 7.77. The van der Waals surface area contributed by atoms with Crippen LogP contribution >= 0.6 is 11.6 Å². The van der Waals surface area contributed by atoms with E-state index in [4.69, 9.17) is 16.6 Å². The summed E-state index contributed by atoms with van der Waals surface area (Å²) in [4.78, 5) is 9.33. The van der Waals surface area contributed by atoms with Crippen molar-refractivity contribution in [1.82, 2.24) is 35.2 Å². The standard InChI is InChI=1S/C23H20ClN7/c1-2-4-21-26-20-5-3-12-25-23(20)31(21)14-15-6-8-16(9-7-15)19-13-17(24)10-11-18(19)22-27-29-30-28-22/h3,5-13H,2,4,14H2,1H3,(H,27,28,29,30). The maximum Gasteiger partial charge on any atom is 0.205 e. The summed E-state index contributed by atoms with van der Waals surface area (Å²) >= 11 is 6.28. The van der Waals surface area contributed by atoms with Crippen LogP contribution in [0.2, 0.25) is 5.02 Å². The molecule has 0 aliphatic carbocycles. The van der Waals surface area contributed by atoms with Crippen LogP contribution in [0.5, 0.6) is 0 Å². The van der Waals surface area contributed by atoms with E-state index in [2.05, 4.69) is 61.4 Å². The number of pyridine rings is 1. The third-order valence-electron chi connectivity index (χ3n) is 5.23. The number of aromatic amines is 1. The number of rotatable bonds is 6. The van der Waals surface area contributed by atoms with Crippen molar-refractivity contribution in [1.29, 1.82) is 0 Å². The van der Waals surface area contributed by atoms with Gasteiger partial charge in [0.2, 0.25) is 5.82 Å². The number of imidazole rings is 1. The zero-order chi connectivity index (χ0) is 21.2. The molecule has 0 saturated carbocycles. The summed E-state index contributed by atoms with van der Waals surface area (Å²) in [5.74, 6) is 1.60. The van der Waals surface area contributed by atoms with Crippen molar-refractivity contribution in [3.63, 3.8) is 0 Å². The lowest BCUT2D eigenvalue weighted by atomic mass is 9.98. The molecule has 1 N–H and O–H groups in total. The van der Waals surface area contributed by atoms with E-state index in [1.54, 1.807) is 0 Å². The van der Waals surface area contributed by atoms with Gasteiger partial charge in [0.25, 0.3) is 0 Å². The summed E-state index contributed by atoms with van der Waals surface area (Å²) in [5.41, 5.74) is 5.90. The molecule has 0 radical (unpaired) electrons. The normalized spacial score (nSPS) is 11.3. The predicted molar refractivity (Wildman–Crippen MR) is 121 cm³/mol. The van der Waals surface area contributed by atoms with Crippen molar-refractivity contribution in [2.24, 2.45) is 0 Å². The molecule has 0 spiro atoms. The first-order valence-corrected chi connectivity index (χ1v) is 10.5. The Labute approximate surface area is 184 Å². The zero-order valence-corrected chi connectivity index (χ0v) is 17.7. The summed E-state index contributed by atoms with van der Waals surface area (Å²) in [6, 6.07) is 18.0. The largest absolute Gasteiger partial charge is 0.308 e. The van der Waals surface area contributed by atoms with Crippen LogP contribution < -0.4 is 0 Å². The van der Waals surface area contributed by atoms with E-state index in [9.17, 15) is 0 Å². The van der Waals surface area contributed by atoms with Crippen LogP contribution in [0.15, 0.2) is 60.8 Å². The molecule has 0 fully saturated rings. The topological polar surface area (TPSA) is 85.2 Å². The fourth-order valence-electron chi connectivity index (χ4n) is 3.78. The molecule has 154 valence electrons. The third-order valence-corrected chi connectivity index (χ3v) is 5.47. The maximum absolute atomic E-state index is 6.28. The van der Waals surface area contributed by atoms with Gasteiger partial charge in [-0.25, -0.2) is 9.97 Å². The Bertz CT molecular complexity index is 1320. The molecule has 0 aliphatic rings. The Morgan fingerprint density at radius 3 is 2.68 bits per heavy atom. The molecule has 5 aromatic rings. The molecular weight excluding hydrogens is 410 g/mol. The van der Waals surface area contributed by atoms with Gasteiger partial charge in [-0.3, -0.25) is 0 Å². The maximum atomic E-state index is 6.28. The highest BCUT2D eigenvalue weighted by molar-refractivity contribution is 6.31. The number of fused-ring (bicyclic) bond motifs is 1. The number of benzene rings is 2. The number of H-pyrrole nitrogens is 1. The SMILES string of the molecule is CCCc1nc2cccnc2n1Cc1ccc(-c2cc(Cl)ccc2-c2nn[nH]n2)cc1. The van der Waals surface area contributed by atoms with Crippen molar-refractivity contribution in [2.75, 3.05) is 0 Å². The summed E-state index contributed by atoms with van der Waals surface area (Å²) < 4.78 is 2.21. The average molecular weight is 430 g/mol. The number of nitrogens with zero attached hydrogens (tertiary/aromatic N) is 6. The van der Waals surface area contributed by atoms with Crippen LogP contribution in [0.3, 0.4) is 0 Å². The molecule has 8 heteroatoms. The Kier molecular flexibility index (Phi) is 5.18. The predicted octanol–water partition coefficient (Wildman–Crippen LogP) is 4.93. The smallest absolute Gasteiger partial charge is 0.205 e. The first kappa shape index (κ1) is 19.4. The Hall–Kier alpha value is -3.58. The number of tetrazole rings is 1. The summed E-state index contributed by atoms with van der Waals surface area (Å²) in [5, 5.41) is 15.1. The van der Waals surface area contributed by atoms with E-state index in [1.807, 2.05) is 36.5 Å². The van der Waals surface area contributed by atoms with E-state index in [0.29, 0.717) is 10.8 Å². The number of halogens is 1. The van der Waals surface area contributed by atoms with E-state index in [-0.39, 0.29) is 0 Å². The van der Waals surface area contributed by atoms with Crippen LogP contribution in [0, 0.1) is 0 Å². The lowest BCUT2D eigenvalue weighted by Crippen LogP contribution is -2.06. The van der Waals surface area contributed by atoms with Gasteiger partial charge in [0.05, 0.1) is 6.54 Å². The van der Waals surface area contributed by atoms with Gasteiger partial charge < -0.3 is 4.57 Å². The van der Waals surface area contributed by atoms with E-state index < -0.39 is 0 Å². The molecule has 31 heavy (non-hydrogen) atoms. The van der Waals surface area contributed by atoms with Crippen molar-refractivity contribution in [3.05, 3.63) is 77.2 Å². The van der Waals surface area contributed by atoms with Crippen LogP contribution in [0.1, 0.15) is 24.7 Å². The summed E-state index contributed by atoms with van der Waals surface area (Å²) in [6.45, 7) is 2.88. The van der Waals surface area contributed by atoms with Gasteiger partial charge in [0.15, 0.2) is 5.65 Å². The molecule has 0 unspecified atom stereocenters. The average Bonchev–Trinajstić information content (AvgIpc) is 3.44. The summed E-state index contributed by atoms with van der Waals surface area (Å²) in [6.07, 6.45) is 3.78. The lowest BCUT2D eigenvalue weighted by molar-refractivity contribution is 0.717.